The Bertz CT molecular complexity index is 579. The molecule has 0 atom stereocenters. The van der Waals surface area contributed by atoms with Gasteiger partial charge in [-0.05, 0) is 31.2 Å². The minimum atomic E-state index is -4.95. The molecule has 0 aliphatic heterocycles. The van der Waals surface area contributed by atoms with Gasteiger partial charge in [-0.25, -0.2) is 17.5 Å². The van der Waals surface area contributed by atoms with Gasteiger partial charge in [0.2, 0.25) is 10.0 Å². The van der Waals surface area contributed by atoms with Gasteiger partial charge in [-0.2, -0.15) is 13.2 Å². The summed E-state index contributed by atoms with van der Waals surface area (Å²) >= 11 is 0. The van der Waals surface area contributed by atoms with Gasteiger partial charge in [0, 0.05) is 13.1 Å². The first-order valence-electron chi connectivity index (χ1n) is 6.25. The van der Waals surface area contributed by atoms with Crippen molar-refractivity contribution < 1.29 is 26.0 Å². The van der Waals surface area contributed by atoms with Gasteiger partial charge in [-0.15, -0.1) is 12.4 Å². The molecule has 0 heterocycles. The highest BCUT2D eigenvalue weighted by Gasteiger charge is 2.37. The summed E-state index contributed by atoms with van der Waals surface area (Å²) in [6.45, 7) is 2.82. The number of sulfonamides is 1. The lowest BCUT2D eigenvalue weighted by Crippen LogP contribution is -2.33. The van der Waals surface area contributed by atoms with Crippen molar-refractivity contribution in [3.63, 3.8) is 0 Å². The van der Waals surface area contributed by atoms with E-state index in [1.807, 2.05) is 6.92 Å². The van der Waals surface area contributed by atoms with Gasteiger partial charge in [0.25, 0.3) is 0 Å². The molecule has 0 bridgehead atoms. The summed E-state index contributed by atoms with van der Waals surface area (Å²) in [7, 11) is -4.35. The predicted octanol–water partition coefficient (Wildman–Crippen LogP) is 2.54. The molecular formula is C12H17ClF4N2O2S. The Balaban J connectivity index is 0.00000441. The van der Waals surface area contributed by atoms with Crippen LogP contribution in [0.5, 0.6) is 0 Å². The zero-order valence-electron chi connectivity index (χ0n) is 11.7. The molecule has 128 valence electrons. The fourth-order valence-corrected chi connectivity index (χ4v) is 2.85. The van der Waals surface area contributed by atoms with Gasteiger partial charge in [0.15, 0.2) is 0 Å². The van der Waals surface area contributed by atoms with Crippen molar-refractivity contribution >= 4 is 22.4 Å². The van der Waals surface area contributed by atoms with Crippen LogP contribution in [0.25, 0.3) is 0 Å². The topological polar surface area (TPSA) is 58.2 Å². The van der Waals surface area contributed by atoms with E-state index in [0.29, 0.717) is 18.7 Å². The molecule has 1 rings (SSSR count). The highest BCUT2D eigenvalue weighted by atomic mass is 35.5. The molecule has 0 aliphatic rings. The van der Waals surface area contributed by atoms with Crippen LogP contribution in [0.3, 0.4) is 0 Å². The minimum Gasteiger partial charge on any atom is -0.315 e. The summed E-state index contributed by atoms with van der Waals surface area (Å²) in [5.41, 5.74) is -1.52. The summed E-state index contributed by atoms with van der Waals surface area (Å²) in [4.78, 5) is -0.980. The van der Waals surface area contributed by atoms with Crippen molar-refractivity contribution in [3.8, 4) is 0 Å². The van der Waals surface area contributed by atoms with E-state index >= 15 is 0 Å². The second-order valence-electron chi connectivity index (χ2n) is 4.29. The highest BCUT2D eigenvalue weighted by molar-refractivity contribution is 7.89. The summed E-state index contributed by atoms with van der Waals surface area (Å²) in [6.07, 6.45) is -4.10. The largest absolute Gasteiger partial charge is 0.417 e. The molecular weight excluding hydrogens is 348 g/mol. The van der Waals surface area contributed by atoms with E-state index in [0.717, 1.165) is 6.42 Å². The highest BCUT2D eigenvalue weighted by Crippen LogP contribution is 2.34. The van der Waals surface area contributed by atoms with Crippen LogP contribution in [0.4, 0.5) is 17.6 Å². The van der Waals surface area contributed by atoms with E-state index in [2.05, 4.69) is 10.0 Å². The Morgan fingerprint density at radius 1 is 1.14 bits per heavy atom. The van der Waals surface area contributed by atoms with Crippen LogP contribution in [0.1, 0.15) is 18.9 Å². The third-order valence-corrected chi connectivity index (χ3v) is 4.08. The lowest BCUT2D eigenvalue weighted by molar-refractivity contribution is -0.140. The SMILES string of the molecule is CCCNCCNS(=O)(=O)c1ccc(F)cc1C(F)(F)F.Cl. The van der Waals surface area contributed by atoms with Crippen LogP contribution >= 0.6 is 12.4 Å². The molecule has 22 heavy (non-hydrogen) atoms. The maximum Gasteiger partial charge on any atom is 0.417 e. The minimum absolute atomic E-state index is 0. The number of halogens is 5. The van der Waals surface area contributed by atoms with Crippen LogP contribution in [-0.4, -0.2) is 28.1 Å². The molecule has 10 heteroatoms. The van der Waals surface area contributed by atoms with Crippen LogP contribution in [0.15, 0.2) is 23.1 Å². The first-order chi connectivity index (χ1) is 9.68. The van der Waals surface area contributed by atoms with Gasteiger partial charge in [-0.1, -0.05) is 6.92 Å². The zero-order chi connectivity index (χ0) is 16.1. The van der Waals surface area contributed by atoms with Crippen LogP contribution in [0, 0.1) is 5.82 Å². The number of hydrogen-bond acceptors (Lipinski definition) is 3. The van der Waals surface area contributed by atoms with Crippen LogP contribution in [-0.2, 0) is 16.2 Å². The Labute approximate surface area is 132 Å². The average molecular weight is 365 g/mol. The first-order valence-corrected chi connectivity index (χ1v) is 7.74. The van der Waals surface area contributed by atoms with Gasteiger partial charge in [-0.3, -0.25) is 0 Å². The van der Waals surface area contributed by atoms with Crippen LogP contribution in [0.2, 0.25) is 0 Å². The molecule has 0 spiro atoms. The fraction of sp³-hybridized carbons (Fsp3) is 0.500. The summed E-state index contributed by atoms with van der Waals surface area (Å²) < 4.78 is 77.1. The molecule has 0 saturated carbocycles. The zero-order valence-corrected chi connectivity index (χ0v) is 13.3. The molecule has 2 N–H and O–H groups in total. The Morgan fingerprint density at radius 3 is 2.32 bits per heavy atom. The monoisotopic (exact) mass is 364 g/mol. The van der Waals surface area contributed by atoms with Crippen LogP contribution < -0.4 is 10.0 Å². The lowest BCUT2D eigenvalue weighted by Gasteiger charge is -2.14. The summed E-state index contributed by atoms with van der Waals surface area (Å²) in [6, 6.07) is 1.46. The molecule has 0 aliphatic carbocycles. The van der Waals surface area contributed by atoms with Gasteiger partial charge in [0.1, 0.15) is 5.82 Å². The maximum atomic E-state index is 12.9. The number of hydrogen-bond donors (Lipinski definition) is 2. The number of nitrogens with one attached hydrogen (secondary N) is 2. The van der Waals surface area contributed by atoms with Gasteiger partial charge >= 0.3 is 6.18 Å². The lowest BCUT2D eigenvalue weighted by atomic mass is 10.2. The van der Waals surface area contributed by atoms with E-state index in [1.165, 1.54) is 0 Å². The van der Waals surface area contributed by atoms with E-state index in [9.17, 15) is 26.0 Å². The standard InChI is InChI=1S/C12H16F4N2O2S.ClH/c1-2-5-17-6-7-18-21(19,20)11-4-3-9(13)8-10(11)12(14,15)16;/h3-4,8,17-18H,2,5-7H2,1H3;1H. The van der Waals surface area contributed by atoms with Crippen molar-refractivity contribution in [1.82, 2.24) is 10.0 Å². The van der Waals surface area contributed by atoms with E-state index in [1.54, 1.807) is 0 Å². The number of benzene rings is 1. The Morgan fingerprint density at radius 2 is 1.77 bits per heavy atom. The van der Waals surface area contributed by atoms with Gasteiger partial charge < -0.3 is 5.32 Å². The molecule has 0 amide bonds. The third-order valence-electron chi connectivity index (χ3n) is 2.56. The van der Waals surface area contributed by atoms with E-state index < -0.39 is 32.5 Å². The maximum absolute atomic E-state index is 12.9. The molecule has 0 unspecified atom stereocenters. The van der Waals surface area contributed by atoms with E-state index in [4.69, 9.17) is 0 Å². The molecule has 1 aromatic rings. The average Bonchev–Trinajstić information content (AvgIpc) is 2.37. The van der Waals surface area contributed by atoms with Crippen molar-refractivity contribution in [2.24, 2.45) is 0 Å². The summed E-state index contributed by atoms with van der Waals surface area (Å²) in [5.74, 6) is -1.15. The second kappa shape index (κ2) is 8.66. The first kappa shape index (κ1) is 21.1. The predicted molar refractivity (Wildman–Crippen MR) is 77.0 cm³/mol. The molecule has 0 aromatic heterocycles. The van der Waals surface area contributed by atoms with Crippen molar-refractivity contribution in [2.45, 2.75) is 24.4 Å². The van der Waals surface area contributed by atoms with Crippen molar-refractivity contribution in [1.29, 1.82) is 0 Å². The normalized spacial score (nSPS) is 12.0. The van der Waals surface area contributed by atoms with E-state index in [-0.39, 0.29) is 31.6 Å². The number of rotatable bonds is 7. The second-order valence-corrected chi connectivity index (χ2v) is 6.02. The van der Waals surface area contributed by atoms with Crippen molar-refractivity contribution in [2.75, 3.05) is 19.6 Å². The Kier molecular flexibility index (Phi) is 8.30. The molecule has 0 saturated heterocycles. The third kappa shape index (κ3) is 6.07. The molecule has 4 nitrogen and oxygen atoms in total. The Hall–Kier alpha value is -0.900. The summed E-state index contributed by atoms with van der Waals surface area (Å²) in [5, 5.41) is 2.90. The van der Waals surface area contributed by atoms with Crippen molar-refractivity contribution in [3.05, 3.63) is 29.6 Å². The number of alkyl halides is 3. The fourth-order valence-electron chi connectivity index (χ4n) is 1.61. The smallest absolute Gasteiger partial charge is 0.315 e. The quantitative estimate of drug-likeness (QED) is 0.577. The molecule has 0 radical (unpaired) electrons. The molecule has 0 fully saturated rings. The molecule has 1 aromatic carbocycles. The van der Waals surface area contributed by atoms with Gasteiger partial charge in [0.05, 0.1) is 10.5 Å².